The van der Waals surface area contributed by atoms with Crippen molar-refractivity contribution < 1.29 is 14.1 Å². The molecule has 3 heteroatoms. The number of fused-ring (bicyclic) bond motifs is 1. The van der Waals surface area contributed by atoms with Crippen molar-refractivity contribution in [3.8, 4) is 0 Å². The molecule has 0 fully saturated rings. The lowest BCUT2D eigenvalue weighted by molar-refractivity contribution is -0.441. The van der Waals surface area contributed by atoms with Crippen LogP contribution in [0.1, 0.15) is 18.1 Å². The lowest BCUT2D eigenvalue weighted by Crippen LogP contribution is -2.34. The molecule has 0 spiro atoms. The number of hydrogen-bond acceptors (Lipinski definition) is 2. The molecule has 3 rings (SSSR count). The van der Waals surface area contributed by atoms with Gasteiger partial charge in [0.1, 0.15) is 0 Å². The summed E-state index contributed by atoms with van der Waals surface area (Å²) in [6.45, 7) is 3.00. The Morgan fingerprint density at radius 2 is 1.81 bits per heavy atom. The number of rotatable bonds is 3. The number of para-hydroxylation sites is 1. The molecule has 2 aromatic carbocycles. The summed E-state index contributed by atoms with van der Waals surface area (Å²) in [4.78, 5) is 12.4. The van der Waals surface area contributed by atoms with Gasteiger partial charge in [-0.1, -0.05) is 36.4 Å². The molecule has 0 aromatic heterocycles. The van der Waals surface area contributed by atoms with E-state index in [4.69, 9.17) is 4.74 Å². The summed E-state index contributed by atoms with van der Waals surface area (Å²) in [5, 5.41) is 0. The largest absolute Gasteiger partial charge is 0.458 e. The predicted molar refractivity (Wildman–Crippen MR) is 82.1 cm³/mol. The summed E-state index contributed by atoms with van der Waals surface area (Å²) in [6, 6.07) is 18.0. The minimum absolute atomic E-state index is 0.256. The highest BCUT2D eigenvalue weighted by Gasteiger charge is 2.33. The van der Waals surface area contributed by atoms with Gasteiger partial charge < -0.3 is 4.74 Å². The van der Waals surface area contributed by atoms with Gasteiger partial charge in [0.2, 0.25) is 5.69 Å². The van der Waals surface area contributed by atoms with E-state index in [1.54, 1.807) is 0 Å². The fourth-order valence-corrected chi connectivity index (χ4v) is 2.74. The molecule has 106 valence electrons. The summed E-state index contributed by atoms with van der Waals surface area (Å²) >= 11 is 0. The van der Waals surface area contributed by atoms with Crippen LogP contribution in [0.3, 0.4) is 0 Å². The summed E-state index contributed by atoms with van der Waals surface area (Å²) in [7, 11) is 0. The number of nitrogens with zero attached hydrogens (tertiary/aromatic N) is 1. The molecule has 1 aliphatic rings. The monoisotopic (exact) mass is 280 g/mol. The molecular formula is C18H18NO2+. The molecule has 0 unspecified atom stereocenters. The molecule has 1 heterocycles. The first-order chi connectivity index (χ1) is 10.3. The number of hydrogen-bond donors (Lipinski definition) is 0. The van der Waals surface area contributed by atoms with E-state index in [2.05, 4.69) is 10.6 Å². The number of esters is 1. The minimum Gasteiger partial charge on any atom is -0.458 e. The van der Waals surface area contributed by atoms with E-state index in [0.717, 1.165) is 24.2 Å². The van der Waals surface area contributed by atoms with Crippen LogP contribution in [0.2, 0.25) is 0 Å². The molecule has 0 atom stereocenters. The van der Waals surface area contributed by atoms with E-state index < -0.39 is 0 Å². The van der Waals surface area contributed by atoms with E-state index in [0.29, 0.717) is 12.3 Å². The maximum absolute atomic E-state index is 12.4. The van der Waals surface area contributed by atoms with E-state index in [1.165, 1.54) is 5.56 Å². The Kier molecular flexibility index (Phi) is 3.82. The number of benzene rings is 2. The number of carbonyl (C=O) groups is 1. The first-order valence-corrected chi connectivity index (χ1v) is 7.26. The van der Waals surface area contributed by atoms with Crippen molar-refractivity contribution in [3.05, 3.63) is 65.7 Å². The van der Waals surface area contributed by atoms with Gasteiger partial charge in [0.05, 0.1) is 12.2 Å². The zero-order valence-corrected chi connectivity index (χ0v) is 12.1. The van der Waals surface area contributed by atoms with Gasteiger partial charge in [-0.3, -0.25) is 0 Å². The standard InChI is InChI=1S/C18H18NO2/c1-2-21-18(20)17-16-11-7-6-8-14(16)12-13-19(17)15-9-4-3-5-10-15/h3-11H,2,12-13H2,1H3/q+1. The molecule has 2 aromatic rings. The highest BCUT2D eigenvalue weighted by atomic mass is 16.5. The van der Waals surface area contributed by atoms with Crippen molar-refractivity contribution >= 4 is 17.4 Å². The fraction of sp³-hybridized carbons (Fsp3) is 0.222. The van der Waals surface area contributed by atoms with E-state index in [1.807, 2.05) is 55.5 Å². The summed E-state index contributed by atoms with van der Waals surface area (Å²) in [5.41, 5.74) is 3.85. The van der Waals surface area contributed by atoms with Crippen LogP contribution < -0.4 is 0 Å². The van der Waals surface area contributed by atoms with Crippen molar-refractivity contribution in [3.63, 3.8) is 0 Å². The lowest BCUT2D eigenvalue weighted by Gasteiger charge is -2.17. The van der Waals surface area contributed by atoms with Crippen molar-refractivity contribution in [1.82, 2.24) is 0 Å². The van der Waals surface area contributed by atoms with E-state index in [9.17, 15) is 4.79 Å². The van der Waals surface area contributed by atoms with Crippen molar-refractivity contribution in [2.45, 2.75) is 13.3 Å². The van der Waals surface area contributed by atoms with Crippen LogP contribution in [-0.4, -0.2) is 29.4 Å². The van der Waals surface area contributed by atoms with Gasteiger partial charge in [-0.25, -0.2) is 4.79 Å². The Morgan fingerprint density at radius 1 is 1.10 bits per heavy atom. The third kappa shape index (κ3) is 2.59. The first kappa shape index (κ1) is 13.6. The first-order valence-electron chi connectivity index (χ1n) is 7.26. The smallest absolute Gasteiger partial charge is 0.404 e. The summed E-state index contributed by atoms with van der Waals surface area (Å²) in [6.07, 6.45) is 0.925. The van der Waals surface area contributed by atoms with Gasteiger partial charge in [-0.2, -0.15) is 4.58 Å². The van der Waals surface area contributed by atoms with E-state index >= 15 is 0 Å². The maximum atomic E-state index is 12.4. The van der Waals surface area contributed by atoms with Gasteiger partial charge in [-0.15, -0.1) is 0 Å². The maximum Gasteiger partial charge on any atom is 0.404 e. The molecule has 0 saturated heterocycles. The Labute approximate surface area is 124 Å². The topological polar surface area (TPSA) is 29.3 Å². The second-order valence-corrected chi connectivity index (χ2v) is 4.96. The number of ether oxygens (including phenoxy) is 1. The third-order valence-electron chi connectivity index (χ3n) is 3.68. The van der Waals surface area contributed by atoms with Crippen LogP contribution in [0.5, 0.6) is 0 Å². The molecule has 1 aliphatic heterocycles. The Balaban J connectivity index is 2.18. The van der Waals surface area contributed by atoms with Crippen molar-refractivity contribution in [1.29, 1.82) is 0 Å². The second-order valence-electron chi connectivity index (χ2n) is 4.96. The highest BCUT2D eigenvalue weighted by Crippen LogP contribution is 2.22. The quantitative estimate of drug-likeness (QED) is 0.639. The molecule has 0 radical (unpaired) electrons. The SMILES string of the molecule is CCOC(=O)C1=[N+](c2ccccc2)CCc2ccccc21. The zero-order valence-electron chi connectivity index (χ0n) is 12.1. The van der Waals surface area contributed by atoms with Gasteiger partial charge >= 0.3 is 5.97 Å². The highest BCUT2D eigenvalue weighted by molar-refractivity contribution is 6.41. The number of carbonyl (C=O) groups excluding carboxylic acids is 1. The summed E-state index contributed by atoms with van der Waals surface area (Å²) < 4.78 is 7.33. The van der Waals surface area contributed by atoms with Crippen molar-refractivity contribution in [2.24, 2.45) is 0 Å². The van der Waals surface area contributed by atoms with Crippen LogP contribution in [0, 0.1) is 0 Å². The third-order valence-corrected chi connectivity index (χ3v) is 3.68. The summed E-state index contributed by atoms with van der Waals surface area (Å²) in [5.74, 6) is -0.256. The molecule has 0 saturated carbocycles. The molecule has 0 bridgehead atoms. The van der Waals surface area contributed by atoms with Crippen LogP contribution in [0.25, 0.3) is 0 Å². The minimum atomic E-state index is -0.256. The molecule has 0 amide bonds. The lowest BCUT2D eigenvalue weighted by atomic mass is 9.96. The van der Waals surface area contributed by atoms with Crippen LogP contribution in [0.15, 0.2) is 54.6 Å². The van der Waals surface area contributed by atoms with Gasteiger partial charge in [0.15, 0.2) is 6.54 Å². The zero-order chi connectivity index (χ0) is 14.7. The predicted octanol–water partition coefficient (Wildman–Crippen LogP) is 2.94. The van der Waals surface area contributed by atoms with Crippen LogP contribution >= 0.6 is 0 Å². The Hall–Kier alpha value is -2.42. The molecule has 0 N–H and O–H groups in total. The molecule has 3 nitrogen and oxygen atoms in total. The van der Waals surface area contributed by atoms with E-state index in [-0.39, 0.29) is 5.97 Å². The second kappa shape index (κ2) is 5.92. The van der Waals surface area contributed by atoms with Crippen LogP contribution in [-0.2, 0) is 16.0 Å². The average molecular weight is 280 g/mol. The normalized spacial score (nSPS) is 13.8. The Bertz CT molecular complexity index is 689. The fourth-order valence-electron chi connectivity index (χ4n) is 2.74. The molecule has 21 heavy (non-hydrogen) atoms. The van der Waals surface area contributed by atoms with Crippen LogP contribution in [0.4, 0.5) is 5.69 Å². The van der Waals surface area contributed by atoms with Gasteiger partial charge in [-0.05, 0) is 18.6 Å². The average Bonchev–Trinajstić information content (AvgIpc) is 2.54. The Morgan fingerprint density at radius 3 is 2.57 bits per heavy atom. The van der Waals surface area contributed by atoms with Gasteiger partial charge in [0, 0.05) is 18.6 Å². The van der Waals surface area contributed by atoms with Gasteiger partial charge in [0.25, 0.3) is 5.71 Å². The molecular weight excluding hydrogens is 262 g/mol. The van der Waals surface area contributed by atoms with Crippen molar-refractivity contribution in [2.75, 3.05) is 13.2 Å². The molecule has 0 aliphatic carbocycles.